The lowest BCUT2D eigenvalue weighted by Crippen LogP contribution is -2.17. The number of nitrogens with one attached hydrogen (secondary N) is 2. The summed E-state index contributed by atoms with van der Waals surface area (Å²) < 4.78 is 7.35. The first-order valence-electron chi connectivity index (χ1n) is 8.49. The summed E-state index contributed by atoms with van der Waals surface area (Å²) in [5.41, 5.74) is 1.43. The van der Waals surface area contributed by atoms with E-state index in [1.54, 1.807) is 4.68 Å². The van der Waals surface area contributed by atoms with Crippen molar-refractivity contribution in [2.24, 2.45) is 0 Å². The Morgan fingerprint density at radius 1 is 1.28 bits per heavy atom. The number of aromatic nitrogens is 2. The predicted octanol–water partition coefficient (Wildman–Crippen LogP) is 3.32. The molecular formula is C18H23N3O3S. The second-order valence-electron chi connectivity index (χ2n) is 6.32. The fourth-order valence-electron chi connectivity index (χ4n) is 2.85. The zero-order valence-corrected chi connectivity index (χ0v) is 15.5. The number of thioether (sulfide) groups is 1. The quantitative estimate of drug-likeness (QED) is 0.856. The van der Waals surface area contributed by atoms with E-state index in [1.807, 2.05) is 38.1 Å². The highest BCUT2D eigenvalue weighted by Crippen LogP contribution is 2.40. The number of hydrogen-bond donors (Lipinski definition) is 2. The zero-order valence-electron chi connectivity index (χ0n) is 14.7. The van der Waals surface area contributed by atoms with Gasteiger partial charge in [-0.25, -0.2) is 0 Å². The highest BCUT2D eigenvalue weighted by Gasteiger charge is 2.30. The van der Waals surface area contributed by atoms with Crippen molar-refractivity contribution in [1.29, 1.82) is 0 Å². The number of hydrogen-bond acceptors (Lipinski definition) is 4. The number of H-pyrrole nitrogens is 1. The Morgan fingerprint density at radius 3 is 2.64 bits per heavy atom. The molecule has 3 rings (SSSR count). The lowest BCUT2D eigenvalue weighted by atomic mass is 10.1. The van der Waals surface area contributed by atoms with E-state index in [0.717, 1.165) is 17.7 Å². The minimum atomic E-state index is -0.196. The Kier molecular flexibility index (Phi) is 5.22. The lowest BCUT2D eigenvalue weighted by molar-refractivity contribution is -0.113. The first kappa shape index (κ1) is 17.7. The molecule has 1 aliphatic rings. The average Bonchev–Trinajstić information content (AvgIpc) is 2.80. The van der Waals surface area contributed by atoms with Crippen LogP contribution >= 0.6 is 11.8 Å². The van der Waals surface area contributed by atoms with Crippen molar-refractivity contribution in [2.75, 3.05) is 17.7 Å². The Bertz CT molecular complexity index is 808. The Labute approximate surface area is 150 Å². The van der Waals surface area contributed by atoms with Crippen molar-refractivity contribution in [3.8, 4) is 5.75 Å². The molecule has 7 heteroatoms. The number of carbonyl (C=O) groups is 1. The Morgan fingerprint density at radius 2 is 2.00 bits per heavy atom. The topological polar surface area (TPSA) is 76.1 Å². The van der Waals surface area contributed by atoms with Crippen molar-refractivity contribution in [3.63, 3.8) is 0 Å². The highest BCUT2D eigenvalue weighted by atomic mass is 32.2. The van der Waals surface area contributed by atoms with E-state index < -0.39 is 0 Å². The summed E-state index contributed by atoms with van der Waals surface area (Å²) in [6, 6.07) is 7.81. The fourth-order valence-corrected chi connectivity index (χ4v) is 3.98. The maximum Gasteiger partial charge on any atom is 0.270 e. The van der Waals surface area contributed by atoms with Crippen LogP contribution < -0.4 is 15.6 Å². The Hall–Kier alpha value is -2.15. The number of anilines is 1. The maximum atomic E-state index is 12.6. The first-order valence-corrected chi connectivity index (χ1v) is 9.54. The summed E-state index contributed by atoms with van der Waals surface area (Å²) >= 11 is 1.46. The number of carbonyl (C=O) groups excluding carboxylic acids is 1. The molecule has 0 fully saturated rings. The molecule has 1 atom stereocenters. The van der Waals surface area contributed by atoms with E-state index in [2.05, 4.69) is 17.3 Å². The van der Waals surface area contributed by atoms with Gasteiger partial charge in [0.25, 0.3) is 5.56 Å². The van der Waals surface area contributed by atoms with Crippen LogP contribution in [0.1, 0.15) is 49.6 Å². The number of rotatable bonds is 5. The van der Waals surface area contributed by atoms with Crippen molar-refractivity contribution in [1.82, 2.24) is 9.78 Å². The van der Waals surface area contributed by atoms with Crippen LogP contribution in [0.15, 0.2) is 29.1 Å². The Balaban J connectivity index is 2.00. The first-order chi connectivity index (χ1) is 12.0. The highest BCUT2D eigenvalue weighted by molar-refractivity contribution is 8.00. The summed E-state index contributed by atoms with van der Waals surface area (Å²) in [6.07, 6.45) is 0.954. The van der Waals surface area contributed by atoms with Crippen LogP contribution in [0.3, 0.4) is 0 Å². The minimum absolute atomic E-state index is 0.0466. The van der Waals surface area contributed by atoms with Crippen LogP contribution in [-0.2, 0) is 4.79 Å². The van der Waals surface area contributed by atoms with Crippen LogP contribution in [0.5, 0.6) is 5.75 Å². The number of benzene rings is 1. The van der Waals surface area contributed by atoms with Gasteiger partial charge in [-0.15, -0.1) is 11.8 Å². The SMILES string of the molecule is CCCOc1ccc([C@@H]2SCC(=O)Nc3c2c(=O)[nH]n3C(C)C)cc1. The van der Waals surface area contributed by atoms with Crippen LogP contribution in [0.2, 0.25) is 0 Å². The molecule has 0 saturated carbocycles. The van der Waals surface area contributed by atoms with E-state index in [9.17, 15) is 9.59 Å². The summed E-state index contributed by atoms with van der Waals surface area (Å²) in [6.45, 7) is 6.68. The van der Waals surface area contributed by atoms with Gasteiger partial charge in [0.1, 0.15) is 11.6 Å². The molecule has 134 valence electrons. The van der Waals surface area contributed by atoms with Gasteiger partial charge in [-0.05, 0) is 38.0 Å². The van der Waals surface area contributed by atoms with Gasteiger partial charge < -0.3 is 10.1 Å². The molecule has 0 saturated heterocycles. The van der Waals surface area contributed by atoms with Gasteiger partial charge in [0.2, 0.25) is 5.91 Å². The summed E-state index contributed by atoms with van der Waals surface area (Å²) in [5.74, 6) is 1.61. The monoisotopic (exact) mass is 361 g/mol. The molecule has 0 bridgehead atoms. The summed E-state index contributed by atoms with van der Waals surface area (Å²) in [4.78, 5) is 24.7. The second kappa shape index (κ2) is 7.39. The van der Waals surface area contributed by atoms with Gasteiger partial charge in [0.05, 0.1) is 23.2 Å². The van der Waals surface area contributed by atoms with Gasteiger partial charge in [0, 0.05) is 6.04 Å². The van der Waals surface area contributed by atoms with Gasteiger partial charge in [-0.1, -0.05) is 19.1 Å². The van der Waals surface area contributed by atoms with E-state index in [-0.39, 0.29) is 22.8 Å². The fraction of sp³-hybridized carbons (Fsp3) is 0.444. The van der Waals surface area contributed by atoms with E-state index >= 15 is 0 Å². The van der Waals surface area contributed by atoms with Gasteiger partial charge in [0.15, 0.2) is 0 Å². The molecule has 1 aromatic carbocycles. The molecule has 6 nitrogen and oxygen atoms in total. The minimum Gasteiger partial charge on any atom is -0.494 e. The normalized spacial score (nSPS) is 17.1. The molecule has 1 aromatic heterocycles. The molecule has 0 aliphatic carbocycles. The maximum absolute atomic E-state index is 12.6. The summed E-state index contributed by atoms with van der Waals surface area (Å²) in [5, 5.41) is 5.53. The van der Waals surface area contributed by atoms with E-state index in [0.29, 0.717) is 23.7 Å². The van der Waals surface area contributed by atoms with Crippen molar-refractivity contribution >= 4 is 23.5 Å². The molecule has 1 aliphatic heterocycles. The van der Waals surface area contributed by atoms with Crippen LogP contribution in [0.25, 0.3) is 0 Å². The molecule has 1 amide bonds. The zero-order chi connectivity index (χ0) is 18.0. The van der Waals surface area contributed by atoms with Crippen LogP contribution in [0, 0.1) is 0 Å². The second-order valence-corrected chi connectivity index (χ2v) is 7.42. The third-order valence-corrected chi connectivity index (χ3v) is 5.31. The van der Waals surface area contributed by atoms with E-state index in [1.165, 1.54) is 11.8 Å². The third-order valence-electron chi connectivity index (χ3n) is 4.04. The molecule has 2 heterocycles. The van der Waals surface area contributed by atoms with Crippen molar-refractivity contribution in [3.05, 3.63) is 45.7 Å². The van der Waals surface area contributed by atoms with Gasteiger partial charge in [-0.3, -0.25) is 19.4 Å². The number of ether oxygens (including phenoxy) is 1. The molecule has 0 spiro atoms. The number of nitrogens with zero attached hydrogens (tertiary/aromatic N) is 1. The predicted molar refractivity (Wildman–Crippen MR) is 101 cm³/mol. The lowest BCUT2D eigenvalue weighted by Gasteiger charge is -2.15. The number of fused-ring (bicyclic) bond motifs is 1. The molecular weight excluding hydrogens is 338 g/mol. The average molecular weight is 361 g/mol. The molecule has 25 heavy (non-hydrogen) atoms. The largest absolute Gasteiger partial charge is 0.494 e. The third kappa shape index (κ3) is 3.61. The van der Waals surface area contributed by atoms with Crippen LogP contribution in [-0.4, -0.2) is 28.0 Å². The van der Waals surface area contributed by atoms with Crippen molar-refractivity contribution in [2.45, 2.75) is 38.5 Å². The molecule has 2 aromatic rings. The molecule has 0 radical (unpaired) electrons. The molecule has 0 unspecified atom stereocenters. The number of amides is 1. The van der Waals surface area contributed by atoms with E-state index in [4.69, 9.17) is 4.74 Å². The molecule has 2 N–H and O–H groups in total. The summed E-state index contributed by atoms with van der Waals surface area (Å²) in [7, 11) is 0. The van der Waals surface area contributed by atoms with Crippen molar-refractivity contribution < 1.29 is 9.53 Å². The standard InChI is InChI=1S/C18H23N3O3S/c1-4-9-24-13-7-5-12(6-8-13)16-15-17(19-14(22)10-25-16)21(11(2)3)20-18(15)23/h5-8,11,16H,4,9-10H2,1-3H3,(H,19,22)(H,20,23)/t16-/m0/s1. The number of aromatic amines is 1. The van der Waals surface area contributed by atoms with Gasteiger partial charge >= 0.3 is 0 Å². The smallest absolute Gasteiger partial charge is 0.270 e. The van der Waals surface area contributed by atoms with Gasteiger partial charge in [-0.2, -0.15) is 0 Å². The van der Waals surface area contributed by atoms with Crippen LogP contribution in [0.4, 0.5) is 5.82 Å².